The zero-order valence-electron chi connectivity index (χ0n) is 10.6. The van der Waals surface area contributed by atoms with Gasteiger partial charge in [-0.3, -0.25) is 9.59 Å². The smallest absolute Gasteiger partial charge is 0.311 e. The van der Waals surface area contributed by atoms with E-state index in [9.17, 15) is 9.59 Å². The molecule has 100 valence electrons. The molecule has 6 nitrogen and oxygen atoms in total. The van der Waals surface area contributed by atoms with Gasteiger partial charge in [-0.1, -0.05) is 0 Å². The van der Waals surface area contributed by atoms with Gasteiger partial charge in [-0.2, -0.15) is 0 Å². The molecule has 0 bridgehead atoms. The topological polar surface area (TPSA) is 94.3 Å². The van der Waals surface area contributed by atoms with E-state index >= 15 is 0 Å². The molecule has 0 fully saturated rings. The van der Waals surface area contributed by atoms with Crippen LogP contribution in [0, 0.1) is 0 Å². The zero-order valence-corrected chi connectivity index (χ0v) is 11.5. The quantitative estimate of drug-likeness (QED) is 0.777. The number of thiazole rings is 1. The van der Waals surface area contributed by atoms with Gasteiger partial charge >= 0.3 is 5.97 Å². The third kappa shape index (κ3) is 4.42. The fourth-order valence-electron chi connectivity index (χ4n) is 1.06. The molecule has 1 rings (SSSR count). The van der Waals surface area contributed by atoms with Crippen LogP contribution in [0.1, 0.15) is 26.5 Å². The largest absolute Gasteiger partial charge is 0.466 e. The molecule has 3 N–H and O–H groups in total. The first-order chi connectivity index (χ1) is 8.32. The standard InChI is InChI=1S/C11H17N3O3S/c1-4-17-8(15)5-7-6-18-10(13-7)14-9(16)11(2,3)12/h6H,4-5,12H2,1-3H3,(H,13,14,16). The summed E-state index contributed by atoms with van der Waals surface area (Å²) >= 11 is 1.25. The highest BCUT2D eigenvalue weighted by Gasteiger charge is 2.22. The maximum absolute atomic E-state index is 11.6. The molecule has 0 aromatic carbocycles. The van der Waals surface area contributed by atoms with Crippen molar-refractivity contribution in [3.8, 4) is 0 Å². The summed E-state index contributed by atoms with van der Waals surface area (Å²) in [6, 6.07) is 0. The molecule has 1 amide bonds. The van der Waals surface area contributed by atoms with Crippen molar-refractivity contribution >= 4 is 28.3 Å². The second-order valence-corrected chi connectivity index (χ2v) is 5.16. The van der Waals surface area contributed by atoms with Crippen LogP contribution in [0.4, 0.5) is 5.13 Å². The average molecular weight is 271 g/mol. The number of nitrogens with zero attached hydrogens (tertiary/aromatic N) is 1. The summed E-state index contributed by atoms with van der Waals surface area (Å²) in [7, 11) is 0. The van der Waals surface area contributed by atoms with Crippen molar-refractivity contribution in [3.63, 3.8) is 0 Å². The lowest BCUT2D eigenvalue weighted by Crippen LogP contribution is -2.45. The molecule has 1 heterocycles. The molecule has 7 heteroatoms. The summed E-state index contributed by atoms with van der Waals surface area (Å²) in [5.74, 6) is -0.653. The van der Waals surface area contributed by atoms with Gasteiger partial charge in [0.1, 0.15) is 0 Å². The van der Waals surface area contributed by atoms with E-state index in [1.54, 1.807) is 26.2 Å². The Morgan fingerprint density at radius 3 is 2.78 bits per heavy atom. The molecule has 0 saturated heterocycles. The molecule has 0 spiro atoms. The van der Waals surface area contributed by atoms with Gasteiger partial charge in [-0.05, 0) is 20.8 Å². The summed E-state index contributed by atoms with van der Waals surface area (Å²) in [6.45, 7) is 5.30. The minimum Gasteiger partial charge on any atom is -0.466 e. The Hall–Kier alpha value is -1.47. The highest BCUT2D eigenvalue weighted by molar-refractivity contribution is 7.13. The average Bonchev–Trinajstić information content (AvgIpc) is 2.64. The van der Waals surface area contributed by atoms with Crippen LogP contribution in [0.25, 0.3) is 0 Å². The lowest BCUT2D eigenvalue weighted by molar-refractivity contribution is -0.142. The molecular weight excluding hydrogens is 254 g/mol. The van der Waals surface area contributed by atoms with Gasteiger partial charge < -0.3 is 15.8 Å². The maximum Gasteiger partial charge on any atom is 0.311 e. The Bertz CT molecular complexity index is 437. The lowest BCUT2D eigenvalue weighted by atomic mass is 10.1. The normalized spacial score (nSPS) is 11.1. The number of nitrogens with one attached hydrogen (secondary N) is 1. The Labute approximate surface area is 110 Å². The number of amides is 1. The van der Waals surface area contributed by atoms with Gasteiger partial charge in [0.2, 0.25) is 5.91 Å². The summed E-state index contributed by atoms with van der Waals surface area (Å²) in [6.07, 6.45) is 0.103. The van der Waals surface area contributed by atoms with E-state index in [4.69, 9.17) is 10.5 Å². The Kier molecular flexibility index (Phi) is 4.80. The lowest BCUT2D eigenvalue weighted by Gasteiger charge is -2.16. The first-order valence-corrected chi connectivity index (χ1v) is 6.41. The molecule has 0 unspecified atom stereocenters. The van der Waals surface area contributed by atoms with Crippen molar-refractivity contribution in [1.82, 2.24) is 4.98 Å². The van der Waals surface area contributed by atoms with Crippen molar-refractivity contribution in [3.05, 3.63) is 11.1 Å². The third-order valence-corrected chi connectivity index (χ3v) is 2.79. The number of carbonyl (C=O) groups is 2. The maximum atomic E-state index is 11.6. The second-order valence-electron chi connectivity index (χ2n) is 4.30. The molecule has 0 atom stereocenters. The molecule has 1 aromatic heterocycles. The van der Waals surface area contributed by atoms with Gasteiger partial charge in [-0.25, -0.2) is 4.98 Å². The monoisotopic (exact) mass is 271 g/mol. The van der Waals surface area contributed by atoms with Gasteiger partial charge in [-0.15, -0.1) is 11.3 Å². The predicted molar refractivity (Wildman–Crippen MR) is 69.3 cm³/mol. The highest BCUT2D eigenvalue weighted by atomic mass is 32.1. The van der Waals surface area contributed by atoms with Crippen LogP contribution in [0.3, 0.4) is 0 Å². The Morgan fingerprint density at radius 1 is 1.56 bits per heavy atom. The van der Waals surface area contributed by atoms with E-state index in [1.807, 2.05) is 0 Å². The molecule has 0 aliphatic rings. The number of nitrogens with two attached hydrogens (primary N) is 1. The number of carbonyl (C=O) groups excluding carboxylic acids is 2. The number of rotatable bonds is 5. The van der Waals surface area contributed by atoms with Gasteiger partial charge in [0, 0.05) is 5.38 Å². The highest BCUT2D eigenvalue weighted by Crippen LogP contribution is 2.17. The molecule has 1 aromatic rings. The van der Waals surface area contributed by atoms with Crippen LogP contribution in [0.5, 0.6) is 0 Å². The van der Waals surface area contributed by atoms with E-state index in [1.165, 1.54) is 11.3 Å². The third-order valence-electron chi connectivity index (χ3n) is 1.99. The minimum atomic E-state index is -0.965. The van der Waals surface area contributed by atoms with Crippen LogP contribution in [-0.2, 0) is 20.7 Å². The van der Waals surface area contributed by atoms with Gasteiger partial charge in [0.25, 0.3) is 0 Å². The van der Waals surface area contributed by atoms with Crippen molar-refractivity contribution in [2.24, 2.45) is 5.73 Å². The summed E-state index contributed by atoms with van der Waals surface area (Å²) in [5, 5.41) is 4.73. The number of hydrogen-bond donors (Lipinski definition) is 2. The van der Waals surface area contributed by atoms with E-state index in [0.717, 1.165) is 0 Å². The molecule has 0 aliphatic carbocycles. The van der Waals surface area contributed by atoms with Crippen molar-refractivity contribution in [2.75, 3.05) is 11.9 Å². The molecule has 0 aliphatic heterocycles. The number of anilines is 1. The van der Waals surface area contributed by atoms with Crippen molar-refractivity contribution in [2.45, 2.75) is 32.7 Å². The fraction of sp³-hybridized carbons (Fsp3) is 0.545. The number of ether oxygens (including phenoxy) is 1. The first kappa shape index (κ1) is 14.6. The zero-order chi connectivity index (χ0) is 13.8. The van der Waals surface area contributed by atoms with Crippen LogP contribution < -0.4 is 11.1 Å². The minimum absolute atomic E-state index is 0.103. The first-order valence-electron chi connectivity index (χ1n) is 5.53. The molecular formula is C11H17N3O3S. The molecule has 18 heavy (non-hydrogen) atoms. The fourth-order valence-corrected chi connectivity index (χ4v) is 1.77. The SMILES string of the molecule is CCOC(=O)Cc1csc(NC(=O)C(C)(C)N)n1. The van der Waals surface area contributed by atoms with Crippen LogP contribution >= 0.6 is 11.3 Å². The van der Waals surface area contributed by atoms with Crippen molar-refractivity contribution < 1.29 is 14.3 Å². The Morgan fingerprint density at radius 2 is 2.22 bits per heavy atom. The number of aromatic nitrogens is 1. The summed E-state index contributed by atoms with van der Waals surface area (Å²) < 4.78 is 4.81. The van der Waals surface area contributed by atoms with Crippen LogP contribution in [-0.4, -0.2) is 29.0 Å². The molecule has 0 saturated carbocycles. The second kappa shape index (κ2) is 5.92. The van der Waals surface area contributed by atoms with Crippen molar-refractivity contribution in [1.29, 1.82) is 0 Å². The number of hydrogen-bond acceptors (Lipinski definition) is 6. The van der Waals surface area contributed by atoms with E-state index < -0.39 is 5.54 Å². The van der Waals surface area contributed by atoms with E-state index in [0.29, 0.717) is 17.4 Å². The van der Waals surface area contributed by atoms with Gasteiger partial charge in [0.05, 0.1) is 24.3 Å². The summed E-state index contributed by atoms with van der Waals surface area (Å²) in [5.41, 5.74) is 5.25. The summed E-state index contributed by atoms with van der Waals surface area (Å²) in [4.78, 5) is 27.0. The number of esters is 1. The van der Waals surface area contributed by atoms with Gasteiger partial charge in [0.15, 0.2) is 5.13 Å². The molecule has 0 radical (unpaired) electrons. The van der Waals surface area contributed by atoms with Crippen LogP contribution in [0.2, 0.25) is 0 Å². The van der Waals surface area contributed by atoms with Crippen LogP contribution in [0.15, 0.2) is 5.38 Å². The predicted octanol–water partition coefficient (Wildman–Crippen LogP) is 0.925. The van der Waals surface area contributed by atoms with E-state index in [-0.39, 0.29) is 18.3 Å². The van der Waals surface area contributed by atoms with E-state index in [2.05, 4.69) is 10.3 Å². The Balaban J connectivity index is 2.59.